The fourth-order valence-electron chi connectivity index (χ4n) is 2.19. The van der Waals surface area contributed by atoms with Crippen molar-refractivity contribution in [2.24, 2.45) is 0 Å². The molecule has 3 aromatic rings. The first-order chi connectivity index (χ1) is 13.6. The average Bonchev–Trinajstić information content (AvgIpc) is 2.74. The molecule has 8 nitrogen and oxygen atoms in total. The van der Waals surface area contributed by atoms with Gasteiger partial charge in [0.1, 0.15) is 0 Å². The normalized spacial score (nSPS) is 11.4. The quantitative estimate of drug-likeness (QED) is 0.436. The summed E-state index contributed by atoms with van der Waals surface area (Å²) < 4.78 is 21.1. The van der Waals surface area contributed by atoms with E-state index in [0.717, 1.165) is 0 Å². The molecule has 28 heavy (non-hydrogen) atoms. The minimum absolute atomic E-state index is 0.0746. The molecule has 3 rings (SSSR count). The predicted molar refractivity (Wildman–Crippen MR) is 99.9 cm³/mol. The van der Waals surface area contributed by atoms with Crippen molar-refractivity contribution < 1.29 is 23.7 Å². The van der Waals surface area contributed by atoms with Gasteiger partial charge in [-0.05, 0) is 12.1 Å². The number of hydrogen-bond donors (Lipinski definition) is 0. The van der Waals surface area contributed by atoms with Crippen molar-refractivity contribution in [1.82, 2.24) is 15.0 Å². The van der Waals surface area contributed by atoms with Crippen LogP contribution in [0.25, 0.3) is 0 Å². The van der Waals surface area contributed by atoms with E-state index in [1.165, 1.54) is 32.5 Å². The van der Waals surface area contributed by atoms with Gasteiger partial charge in [-0.2, -0.15) is 9.97 Å². The first-order valence-corrected chi connectivity index (χ1v) is 8.54. The van der Waals surface area contributed by atoms with E-state index in [1.54, 1.807) is 30.3 Å². The van der Waals surface area contributed by atoms with Crippen LogP contribution in [0, 0.1) is 0 Å². The van der Waals surface area contributed by atoms with E-state index < -0.39 is 11.5 Å². The van der Waals surface area contributed by atoms with Gasteiger partial charge in [-0.25, -0.2) is 9.78 Å². The number of benzene rings is 1. The van der Waals surface area contributed by atoms with Gasteiger partial charge in [0.15, 0.2) is 11.4 Å². The van der Waals surface area contributed by atoms with Crippen molar-refractivity contribution in [3.63, 3.8) is 0 Å². The van der Waals surface area contributed by atoms with Crippen molar-refractivity contribution in [2.45, 2.75) is 5.56 Å². The predicted octanol–water partition coefficient (Wildman–Crippen LogP) is 3.78. The van der Waals surface area contributed by atoms with Crippen molar-refractivity contribution in [3.05, 3.63) is 66.0 Å². The van der Waals surface area contributed by atoms with Crippen LogP contribution in [0.3, 0.4) is 0 Å². The third-order valence-corrected chi connectivity index (χ3v) is 3.86. The molecule has 0 amide bonds. The molecule has 0 radical (unpaired) electrons. The highest BCUT2D eigenvalue weighted by Crippen LogP contribution is 2.28. The maximum Gasteiger partial charge on any atom is 0.362 e. The molecule has 2 heterocycles. The summed E-state index contributed by atoms with van der Waals surface area (Å²) >= 11 is 6.17. The number of carbonyl (C=O) groups excluding carboxylic acids is 1. The van der Waals surface area contributed by atoms with Crippen LogP contribution in [0.2, 0.25) is 0 Å². The highest BCUT2D eigenvalue weighted by atomic mass is 35.5. The van der Waals surface area contributed by atoms with E-state index in [0.29, 0.717) is 5.56 Å². The minimum atomic E-state index is -0.975. The summed E-state index contributed by atoms with van der Waals surface area (Å²) in [6.07, 6.45) is 1.43. The SMILES string of the molecule is COc1cc(OC)nc(Oc2cccnc2C(=O)OC(Cl)c2ccccc2)n1. The molecule has 0 N–H and O–H groups in total. The van der Waals surface area contributed by atoms with Crippen molar-refractivity contribution in [3.8, 4) is 23.5 Å². The summed E-state index contributed by atoms with van der Waals surface area (Å²) in [5, 5.41) is 0. The number of carbonyl (C=O) groups is 1. The lowest BCUT2D eigenvalue weighted by atomic mass is 10.2. The standard InChI is InChI=1S/C19H16ClN3O5/c1-25-14-11-15(26-2)23-19(22-14)27-13-9-6-10-21-16(13)18(24)28-17(20)12-7-4-3-5-8-12/h3-11,17H,1-2H3. The summed E-state index contributed by atoms with van der Waals surface area (Å²) in [5.74, 6) is -0.186. The molecule has 0 aliphatic rings. The van der Waals surface area contributed by atoms with Gasteiger partial charge in [0.2, 0.25) is 17.3 Å². The first-order valence-electron chi connectivity index (χ1n) is 8.10. The number of ether oxygens (including phenoxy) is 4. The monoisotopic (exact) mass is 401 g/mol. The van der Waals surface area contributed by atoms with Crippen LogP contribution in [0.4, 0.5) is 0 Å². The van der Waals surface area contributed by atoms with Crippen molar-refractivity contribution >= 4 is 17.6 Å². The molecule has 0 saturated carbocycles. The lowest BCUT2D eigenvalue weighted by Crippen LogP contribution is -2.11. The number of methoxy groups -OCH3 is 2. The number of hydrogen-bond acceptors (Lipinski definition) is 8. The number of alkyl halides is 1. The van der Waals surface area contributed by atoms with Crippen molar-refractivity contribution in [1.29, 1.82) is 0 Å². The van der Waals surface area contributed by atoms with E-state index in [-0.39, 0.29) is 29.2 Å². The zero-order valence-corrected chi connectivity index (χ0v) is 15.8. The molecule has 0 aliphatic carbocycles. The molecular weight excluding hydrogens is 386 g/mol. The van der Waals surface area contributed by atoms with Crippen LogP contribution in [0.1, 0.15) is 21.6 Å². The van der Waals surface area contributed by atoms with Crippen LogP contribution < -0.4 is 14.2 Å². The third kappa shape index (κ3) is 4.66. The average molecular weight is 402 g/mol. The maximum absolute atomic E-state index is 12.5. The number of pyridine rings is 1. The molecule has 0 bridgehead atoms. The van der Waals surface area contributed by atoms with E-state index in [1.807, 2.05) is 6.07 Å². The van der Waals surface area contributed by atoms with E-state index in [9.17, 15) is 4.79 Å². The summed E-state index contributed by atoms with van der Waals surface area (Å²) in [6, 6.07) is 13.5. The fraction of sp³-hybridized carbons (Fsp3) is 0.158. The lowest BCUT2D eigenvalue weighted by Gasteiger charge is -2.13. The van der Waals surface area contributed by atoms with Gasteiger partial charge in [-0.15, -0.1) is 0 Å². The molecule has 0 spiro atoms. The molecule has 1 atom stereocenters. The second kappa shape index (κ2) is 9.01. The Morgan fingerprint density at radius 2 is 1.68 bits per heavy atom. The fourth-order valence-corrected chi connectivity index (χ4v) is 2.41. The number of halogens is 1. The Morgan fingerprint density at radius 3 is 2.32 bits per heavy atom. The van der Waals surface area contributed by atoms with Gasteiger partial charge in [0.25, 0.3) is 0 Å². The van der Waals surface area contributed by atoms with Gasteiger partial charge in [0.05, 0.1) is 20.3 Å². The Balaban J connectivity index is 1.82. The number of esters is 1. The summed E-state index contributed by atoms with van der Waals surface area (Å²) in [6.45, 7) is 0. The topological polar surface area (TPSA) is 92.7 Å². The Labute approximate surface area is 166 Å². The van der Waals surface area contributed by atoms with Gasteiger partial charge in [-0.1, -0.05) is 41.9 Å². The number of rotatable bonds is 7. The van der Waals surface area contributed by atoms with Crippen LogP contribution in [-0.2, 0) is 4.74 Å². The summed E-state index contributed by atoms with van der Waals surface area (Å²) in [7, 11) is 2.89. The highest BCUT2D eigenvalue weighted by Gasteiger charge is 2.21. The molecular formula is C19H16ClN3O5. The van der Waals surface area contributed by atoms with Gasteiger partial charge < -0.3 is 18.9 Å². The smallest absolute Gasteiger partial charge is 0.362 e. The summed E-state index contributed by atoms with van der Waals surface area (Å²) in [5.41, 5.74) is -0.414. The van der Waals surface area contributed by atoms with Crippen LogP contribution in [0.5, 0.6) is 23.5 Å². The van der Waals surface area contributed by atoms with Crippen molar-refractivity contribution in [2.75, 3.05) is 14.2 Å². The maximum atomic E-state index is 12.5. The molecule has 9 heteroatoms. The molecule has 1 aromatic carbocycles. The van der Waals surface area contributed by atoms with Gasteiger partial charge in [0, 0.05) is 11.8 Å². The lowest BCUT2D eigenvalue weighted by molar-refractivity contribution is 0.0435. The van der Waals surface area contributed by atoms with Crippen LogP contribution in [0.15, 0.2) is 54.7 Å². The largest absolute Gasteiger partial charge is 0.481 e. The Kier molecular flexibility index (Phi) is 6.23. The second-order valence-electron chi connectivity index (χ2n) is 5.32. The first kappa shape index (κ1) is 19.4. The number of nitrogens with zero attached hydrogens (tertiary/aromatic N) is 3. The highest BCUT2D eigenvalue weighted by molar-refractivity contribution is 6.20. The molecule has 0 saturated heterocycles. The Morgan fingerprint density at radius 1 is 1.00 bits per heavy atom. The van der Waals surface area contributed by atoms with E-state index in [4.69, 9.17) is 30.5 Å². The molecule has 0 fully saturated rings. The molecule has 0 aliphatic heterocycles. The minimum Gasteiger partial charge on any atom is -0.481 e. The van der Waals surface area contributed by atoms with E-state index in [2.05, 4.69) is 15.0 Å². The van der Waals surface area contributed by atoms with Gasteiger partial charge >= 0.3 is 12.0 Å². The number of aromatic nitrogens is 3. The molecule has 144 valence electrons. The van der Waals surface area contributed by atoms with Crippen LogP contribution >= 0.6 is 11.6 Å². The molecule has 1 unspecified atom stereocenters. The van der Waals surface area contributed by atoms with E-state index >= 15 is 0 Å². The summed E-state index contributed by atoms with van der Waals surface area (Å²) in [4.78, 5) is 24.7. The Bertz CT molecular complexity index is 933. The Hall–Kier alpha value is -3.39. The zero-order chi connectivity index (χ0) is 19.9. The van der Waals surface area contributed by atoms with Crippen LogP contribution in [-0.4, -0.2) is 35.1 Å². The third-order valence-electron chi connectivity index (χ3n) is 3.51. The second-order valence-corrected chi connectivity index (χ2v) is 5.72. The zero-order valence-electron chi connectivity index (χ0n) is 15.0. The molecule has 2 aromatic heterocycles. The van der Waals surface area contributed by atoms with Gasteiger partial charge in [-0.3, -0.25) is 0 Å².